The van der Waals surface area contributed by atoms with Crippen LogP contribution in [0.3, 0.4) is 0 Å². The van der Waals surface area contributed by atoms with Crippen LogP contribution in [0.4, 0.5) is 0 Å². The highest BCUT2D eigenvalue weighted by molar-refractivity contribution is 5.27. The van der Waals surface area contributed by atoms with Crippen molar-refractivity contribution in [2.24, 2.45) is 0 Å². The lowest BCUT2D eigenvalue weighted by atomic mass is 9.89. The van der Waals surface area contributed by atoms with Crippen molar-refractivity contribution >= 4 is 0 Å². The van der Waals surface area contributed by atoms with Crippen molar-refractivity contribution in [3.05, 3.63) is 71.3 Å². The first-order valence-corrected chi connectivity index (χ1v) is 6.41. The first kappa shape index (κ1) is 12.8. The molecule has 1 N–H and O–H groups in total. The van der Waals surface area contributed by atoms with Crippen molar-refractivity contribution in [3.8, 4) is 0 Å². The van der Waals surface area contributed by atoms with Crippen LogP contribution in [0.2, 0.25) is 0 Å². The average Bonchev–Trinajstić information content (AvgIpc) is 2.38. The van der Waals surface area contributed by atoms with Crippen molar-refractivity contribution in [2.45, 2.75) is 32.3 Å². The van der Waals surface area contributed by atoms with Gasteiger partial charge in [0.05, 0.1) is 5.60 Å². The van der Waals surface area contributed by atoms with Crippen LogP contribution >= 0.6 is 0 Å². The van der Waals surface area contributed by atoms with E-state index in [1.165, 1.54) is 11.1 Å². The molecule has 0 saturated carbocycles. The quantitative estimate of drug-likeness (QED) is 0.861. The summed E-state index contributed by atoms with van der Waals surface area (Å²) in [7, 11) is 0. The van der Waals surface area contributed by atoms with Gasteiger partial charge in [0, 0.05) is 0 Å². The molecule has 0 spiro atoms. The van der Waals surface area contributed by atoms with E-state index < -0.39 is 5.60 Å². The molecule has 0 aliphatic heterocycles. The maximum Gasteiger partial charge on any atom is 0.0871 e. The molecular weight excluding hydrogens is 220 g/mol. The van der Waals surface area contributed by atoms with Gasteiger partial charge in [-0.05, 0) is 37.8 Å². The molecule has 18 heavy (non-hydrogen) atoms. The van der Waals surface area contributed by atoms with Crippen molar-refractivity contribution in [1.29, 1.82) is 0 Å². The molecule has 0 fully saturated rings. The van der Waals surface area contributed by atoms with Crippen LogP contribution in [-0.2, 0) is 12.0 Å². The highest BCUT2D eigenvalue weighted by Crippen LogP contribution is 2.26. The van der Waals surface area contributed by atoms with Crippen LogP contribution in [0.1, 0.15) is 30.0 Å². The van der Waals surface area contributed by atoms with Gasteiger partial charge in [0.25, 0.3) is 0 Å². The molecule has 2 aromatic rings. The van der Waals surface area contributed by atoms with E-state index in [0.717, 1.165) is 18.4 Å². The minimum atomic E-state index is -0.762. The van der Waals surface area contributed by atoms with Gasteiger partial charge >= 0.3 is 0 Å². The Morgan fingerprint density at radius 1 is 1.00 bits per heavy atom. The number of rotatable bonds is 4. The third kappa shape index (κ3) is 3.21. The highest BCUT2D eigenvalue weighted by atomic mass is 16.3. The highest BCUT2D eigenvalue weighted by Gasteiger charge is 2.22. The lowest BCUT2D eigenvalue weighted by Gasteiger charge is -2.24. The Bertz CT molecular complexity index is 500. The first-order valence-electron chi connectivity index (χ1n) is 6.41. The van der Waals surface area contributed by atoms with Crippen LogP contribution < -0.4 is 0 Å². The van der Waals surface area contributed by atoms with Gasteiger partial charge in [0.15, 0.2) is 0 Å². The smallest absolute Gasteiger partial charge is 0.0871 e. The van der Waals surface area contributed by atoms with E-state index in [1.54, 1.807) is 0 Å². The molecule has 0 amide bonds. The maximum absolute atomic E-state index is 10.6. The van der Waals surface area contributed by atoms with E-state index in [9.17, 15) is 5.11 Å². The first-order chi connectivity index (χ1) is 8.58. The zero-order chi connectivity index (χ0) is 13.0. The Hall–Kier alpha value is -1.60. The Labute approximate surface area is 109 Å². The van der Waals surface area contributed by atoms with E-state index >= 15 is 0 Å². The SMILES string of the molecule is Cc1cccc(C(C)(O)CCc2ccccc2)c1. The van der Waals surface area contributed by atoms with Crippen LogP contribution in [0, 0.1) is 6.92 Å². The van der Waals surface area contributed by atoms with Gasteiger partial charge in [-0.15, -0.1) is 0 Å². The number of aliphatic hydroxyl groups is 1. The second-order valence-corrected chi connectivity index (χ2v) is 5.13. The molecule has 1 unspecified atom stereocenters. The van der Waals surface area contributed by atoms with Crippen molar-refractivity contribution < 1.29 is 5.11 Å². The third-order valence-electron chi connectivity index (χ3n) is 3.38. The van der Waals surface area contributed by atoms with Gasteiger partial charge in [0.2, 0.25) is 0 Å². The van der Waals surface area contributed by atoms with E-state index in [-0.39, 0.29) is 0 Å². The Balaban J connectivity index is 2.08. The van der Waals surface area contributed by atoms with E-state index in [4.69, 9.17) is 0 Å². The van der Waals surface area contributed by atoms with Gasteiger partial charge in [-0.1, -0.05) is 60.2 Å². The van der Waals surface area contributed by atoms with Crippen molar-refractivity contribution in [3.63, 3.8) is 0 Å². The summed E-state index contributed by atoms with van der Waals surface area (Å²) >= 11 is 0. The summed E-state index contributed by atoms with van der Waals surface area (Å²) in [6, 6.07) is 18.4. The van der Waals surface area contributed by atoms with Crippen LogP contribution in [0.5, 0.6) is 0 Å². The molecule has 0 bridgehead atoms. The molecular formula is C17H20O. The number of hydrogen-bond donors (Lipinski definition) is 1. The lowest BCUT2D eigenvalue weighted by molar-refractivity contribution is 0.0480. The van der Waals surface area contributed by atoms with Crippen LogP contribution in [-0.4, -0.2) is 5.11 Å². The molecule has 2 rings (SSSR count). The second kappa shape index (κ2) is 5.36. The average molecular weight is 240 g/mol. The summed E-state index contributed by atoms with van der Waals surface area (Å²) in [5.41, 5.74) is 2.69. The molecule has 0 aliphatic rings. The van der Waals surface area contributed by atoms with Crippen molar-refractivity contribution in [1.82, 2.24) is 0 Å². The number of aryl methyl sites for hydroxylation is 2. The Morgan fingerprint density at radius 2 is 1.72 bits per heavy atom. The minimum absolute atomic E-state index is 0.737. The molecule has 0 heterocycles. The van der Waals surface area contributed by atoms with E-state index in [0.29, 0.717) is 0 Å². The van der Waals surface area contributed by atoms with Gasteiger partial charge in [-0.3, -0.25) is 0 Å². The van der Waals surface area contributed by atoms with Gasteiger partial charge in [0.1, 0.15) is 0 Å². The summed E-state index contributed by atoms with van der Waals surface area (Å²) in [5, 5.41) is 10.6. The van der Waals surface area contributed by atoms with Crippen LogP contribution in [0.15, 0.2) is 54.6 Å². The van der Waals surface area contributed by atoms with Gasteiger partial charge < -0.3 is 5.11 Å². The second-order valence-electron chi connectivity index (χ2n) is 5.13. The normalized spacial score (nSPS) is 14.2. The van der Waals surface area contributed by atoms with Gasteiger partial charge in [-0.25, -0.2) is 0 Å². The number of benzene rings is 2. The predicted octanol–water partition coefficient (Wildman–Crippen LogP) is 3.84. The molecule has 94 valence electrons. The maximum atomic E-state index is 10.6. The fourth-order valence-corrected chi connectivity index (χ4v) is 2.16. The standard InChI is InChI=1S/C17H20O/c1-14-7-6-10-16(13-14)17(2,18)12-11-15-8-4-3-5-9-15/h3-10,13,18H,11-12H2,1-2H3. The summed E-state index contributed by atoms with van der Waals surface area (Å²) in [6.07, 6.45) is 1.63. The van der Waals surface area contributed by atoms with E-state index in [1.807, 2.05) is 37.3 Å². The summed E-state index contributed by atoms with van der Waals surface area (Å²) in [5.74, 6) is 0. The predicted molar refractivity (Wildman–Crippen MR) is 75.5 cm³/mol. The Kier molecular flexibility index (Phi) is 3.83. The Morgan fingerprint density at radius 3 is 2.39 bits per heavy atom. The third-order valence-corrected chi connectivity index (χ3v) is 3.38. The van der Waals surface area contributed by atoms with Crippen LogP contribution in [0.25, 0.3) is 0 Å². The molecule has 0 aliphatic carbocycles. The molecule has 2 aromatic carbocycles. The molecule has 0 saturated heterocycles. The monoisotopic (exact) mass is 240 g/mol. The largest absolute Gasteiger partial charge is 0.385 e. The minimum Gasteiger partial charge on any atom is -0.385 e. The molecule has 1 atom stereocenters. The van der Waals surface area contributed by atoms with E-state index in [2.05, 4.69) is 31.2 Å². The fraction of sp³-hybridized carbons (Fsp3) is 0.294. The zero-order valence-corrected chi connectivity index (χ0v) is 11.1. The van der Waals surface area contributed by atoms with Crippen molar-refractivity contribution in [2.75, 3.05) is 0 Å². The summed E-state index contributed by atoms with van der Waals surface area (Å²) < 4.78 is 0. The molecule has 1 nitrogen and oxygen atoms in total. The summed E-state index contributed by atoms with van der Waals surface area (Å²) in [6.45, 7) is 3.95. The van der Waals surface area contributed by atoms with Gasteiger partial charge in [-0.2, -0.15) is 0 Å². The molecule has 0 radical (unpaired) electrons. The zero-order valence-electron chi connectivity index (χ0n) is 11.1. The topological polar surface area (TPSA) is 20.2 Å². The molecule has 0 aromatic heterocycles. The summed E-state index contributed by atoms with van der Waals surface area (Å²) in [4.78, 5) is 0. The lowest BCUT2D eigenvalue weighted by Crippen LogP contribution is -2.22. The molecule has 1 heteroatoms. The number of hydrogen-bond acceptors (Lipinski definition) is 1. The fourth-order valence-electron chi connectivity index (χ4n) is 2.16.